The van der Waals surface area contributed by atoms with Crippen LogP contribution in [0.2, 0.25) is 0 Å². The number of rotatable bonds is 3. The fourth-order valence-electron chi connectivity index (χ4n) is 8.85. The number of aryl methyl sites for hydroxylation is 1. The SMILES string of the molecule is Cc1ccccc1N1C(C)N2C(c3ccccc3C2(C2CCCCC2)C2CCCCC2)[C@@H]1C. The Kier molecular flexibility index (Phi) is 5.56. The summed E-state index contributed by atoms with van der Waals surface area (Å²) in [6.45, 7) is 7.32. The predicted molar refractivity (Wildman–Crippen MR) is 138 cm³/mol. The molecule has 2 unspecified atom stereocenters. The van der Waals surface area contributed by atoms with Gasteiger partial charge in [-0.2, -0.15) is 0 Å². The Balaban J connectivity index is 1.55. The number of hydrogen-bond donors (Lipinski definition) is 0. The van der Waals surface area contributed by atoms with Gasteiger partial charge in [0.25, 0.3) is 0 Å². The van der Waals surface area contributed by atoms with E-state index >= 15 is 0 Å². The van der Waals surface area contributed by atoms with E-state index in [-0.39, 0.29) is 5.54 Å². The Morgan fingerprint density at radius 2 is 1.30 bits per heavy atom. The first-order valence-corrected chi connectivity index (χ1v) is 13.9. The smallest absolute Gasteiger partial charge is 0.0809 e. The van der Waals surface area contributed by atoms with Gasteiger partial charge in [0.05, 0.1) is 17.7 Å². The third-order valence-electron chi connectivity index (χ3n) is 9.99. The molecule has 0 aromatic heterocycles. The molecule has 0 amide bonds. The van der Waals surface area contributed by atoms with Crippen molar-refractivity contribution in [2.24, 2.45) is 11.8 Å². The van der Waals surface area contributed by atoms with Crippen LogP contribution in [0.15, 0.2) is 48.5 Å². The van der Waals surface area contributed by atoms with Crippen molar-refractivity contribution in [3.63, 3.8) is 0 Å². The normalized spacial score (nSPS) is 30.4. The van der Waals surface area contributed by atoms with Gasteiger partial charge in [0.1, 0.15) is 0 Å². The highest BCUT2D eigenvalue weighted by Crippen LogP contribution is 2.64. The molecule has 4 aliphatic rings. The van der Waals surface area contributed by atoms with Gasteiger partial charge < -0.3 is 4.90 Å². The van der Waals surface area contributed by atoms with Crippen LogP contribution < -0.4 is 4.90 Å². The summed E-state index contributed by atoms with van der Waals surface area (Å²) in [5.74, 6) is 1.60. The third-order valence-corrected chi connectivity index (χ3v) is 9.99. The molecule has 0 bridgehead atoms. The first-order chi connectivity index (χ1) is 16.2. The quantitative estimate of drug-likeness (QED) is 0.475. The Hall–Kier alpha value is -1.80. The second kappa shape index (κ2) is 8.45. The van der Waals surface area contributed by atoms with Crippen LogP contribution in [0.3, 0.4) is 0 Å². The Morgan fingerprint density at radius 3 is 1.94 bits per heavy atom. The van der Waals surface area contributed by atoms with Crippen LogP contribution in [0.1, 0.15) is 101 Å². The molecule has 2 aromatic rings. The highest BCUT2D eigenvalue weighted by molar-refractivity contribution is 5.59. The van der Waals surface area contributed by atoms with Gasteiger partial charge in [0.15, 0.2) is 0 Å². The largest absolute Gasteiger partial charge is 0.351 e. The van der Waals surface area contributed by atoms with Gasteiger partial charge in [-0.1, -0.05) is 81.0 Å². The van der Waals surface area contributed by atoms with Gasteiger partial charge in [-0.3, -0.25) is 4.90 Å². The number of benzene rings is 2. The van der Waals surface area contributed by atoms with Crippen molar-refractivity contribution in [3.8, 4) is 0 Å². The van der Waals surface area contributed by atoms with Crippen LogP contribution in [-0.2, 0) is 5.54 Å². The van der Waals surface area contributed by atoms with Crippen molar-refractivity contribution < 1.29 is 0 Å². The summed E-state index contributed by atoms with van der Waals surface area (Å²) in [6, 6.07) is 19.7. The van der Waals surface area contributed by atoms with E-state index in [2.05, 4.69) is 79.1 Å². The van der Waals surface area contributed by atoms with E-state index in [0.29, 0.717) is 18.2 Å². The van der Waals surface area contributed by atoms with Crippen molar-refractivity contribution in [3.05, 3.63) is 65.2 Å². The van der Waals surface area contributed by atoms with Crippen molar-refractivity contribution in [1.82, 2.24) is 4.90 Å². The maximum atomic E-state index is 3.08. The standard InChI is InChI=1S/C31H42N2/c1-22-14-10-13-21-29(22)32-23(2)30-27-19-11-12-20-28(27)31(33(30)24(32)3,25-15-6-4-7-16-25)26-17-8-5-9-18-26/h10-14,19-21,23-26,30H,4-9,15-18H2,1-3H3/t23-,24?,30?/m0/s1. The third kappa shape index (κ3) is 3.09. The molecule has 176 valence electrons. The summed E-state index contributed by atoms with van der Waals surface area (Å²) in [5.41, 5.74) is 6.42. The summed E-state index contributed by atoms with van der Waals surface area (Å²) in [4.78, 5) is 5.86. The minimum absolute atomic E-state index is 0.215. The average Bonchev–Trinajstić information content (AvgIpc) is 3.31. The molecule has 6 rings (SSSR count). The fraction of sp³-hybridized carbons (Fsp3) is 0.613. The van der Waals surface area contributed by atoms with E-state index in [1.165, 1.54) is 75.5 Å². The van der Waals surface area contributed by atoms with E-state index in [1.54, 1.807) is 11.1 Å². The number of anilines is 1. The zero-order chi connectivity index (χ0) is 22.6. The maximum Gasteiger partial charge on any atom is 0.0809 e. The lowest BCUT2D eigenvalue weighted by atomic mass is 9.61. The van der Waals surface area contributed by atoms with Crippen LogP contribution in [0.5, 0.6) is 0 Å². The summed E-state index contributed by atoms with van der Waals surface area (Å²) in [6.07, 6.45) is 14.6. The second-order valence-corrected chi connectivity index (χ2v) is 11.5. The Bertz CT molecular complexity index is 966. The molecule has 1 saturated heterocycles. The van der Waals surface area contributed by atoms with Gasteiger partial charge in [-0.05, 0) is 81.0 Å². The molecule has 2 saturated carbocycles. The molecule has 2 heterocycles. The van der Waals surface area contributed by atoms with Gasteiger partial charge in [-0.15, -0.1) is 0 Å². The van der Waals surface area contributed by atoms with E-state index in [0.717, 1.165) is 11.8 Å². The van der Waals surface area contributed by atoms with Crippen LogP contribution in [0, 0.1) is 18.8 Å². The van der Waals surface area contributed by atoms with Crippen LogP contribution >= 0.6 is 0 Å². The first kappa shape index (κ1) is 21.7. The number of nitrogens with zero attached hydrogens (tertiary/aromatic N) is 2. The van der Waals surface area contributed by atoms with Gasteiger partial charge in [-0.25, -0.2) is 0 Å². The second-order valence-electron chi connectivity index (χ2n) is 11.5. The van der Waals surface area contributed by atoms with Crippen molar-refractivity contribution in [2.75, 3.05) is 4.90 Å². The molecule has 2 aliphatic heterocycles. The van der Waals surface area contributed by atoms with Gasteiger partial charge in [0.2, 0.25) is 0 Å². The van der Waals surface area contributed by atoms with Crippen LogP contribution in [-0.4, -0.2) is 17.1 Å². The lowest BCUT2D eigenvalue weighted by Gasteiger charge is -2.54. The number of fused-ring (bicyclic) bond motifs is 3. The average molecular weight is 443 g/mol. The van der Waals surface area contributed by atoms with Gasteiger partial charge >= 0.3 is 0 Å². The molecular formula is C31H42N2. The minimum atomic E-state index is 0.215. The zero-order valence-electron chi connectivity index (χ0n) is 21.0. The lowest BCUT2D eigenvalue weighted by Crippen LogP contribution is -2.57. The molecule has 2 nitrogen and oxygen atoms in total. The zero-order valence-corrected chi connectivity index (χ0v) is 21.0. The van der Waals surface area contributed by atoms with Crippen molar-refractivity contribution >= 4 is 5.69 Å². The van der Waals surface area contributed by atoms with E-state index < -0.39 is 0 Å². The summed E-state index contributed by atoms with van der Waals surface area (Å²) in [7, 11) is 0. The van der Waals surface area contributed by atoms with E-state index in [9.17, 15) is 0 Å². The predicted octanol–water partition coefficient (Wildman–Crippen LogP) is 7.96. The molecule has 0 N–H and O–H groups in total. The van der Waals surface area contributed by atoms with Gasteiger partial charge in [0, 0.05) is 11.7 Å². The van der Waals surface area contributed by atoms with Crippen LogP contribution in [0.4, 0.5) is 5.69 Å². The van der Waals surface area contributed by atoms with Crippen molar-refractivity contribution in [1.29, 1.82) is 0 Å². The maximum absolute atomic E-state index is 3.08. The molecule has 2 heteroatoms. The minimum Gasteiger partial charge on any atom is -0.351 e. The monoisotopic (exact) mass is 442 g/mol. The lowest BCUT2D eigenvalue weighted by molar-refractivity contribution is -0.0611. The number of hydrogen-bond acceptors (Lipinski definition) is 2. The summed E-state index contributed by atoms with van der Waals surface area (Å²) < 4.78 is 0. The highest BCUT2D eigenvalue weighted by Gasteiger charge is 2.64. The number of para-hydroxylation sites is 1. The van der Waals surface area contributed by atoms with Crippen molar-refractivity contribution in [2.45, 2.75) is 109 Å². The molecule has 0 radical (unpaired) electrons. The molecule has 2 aromatic carbocycles. The molecule has 3 atom stereocenters. The molecule has 2 aliphatic carbocycles. The first-order valence-electron chi connectivity index (χ1n) is 13.9. The molecular weight excluding hydrogens is 400 g/mol. The van der Waals surface area contributed by atoms with Crippen LogP contribution in [0.25, 0.3) is 0 Å². The molecule has 0 spiro atoms. The van der Waals surface area contributed by atoms with E-state index in [4.69, 9.17) is 0 Å². The summed E-state index contributed by atoms with van der Waals surface area (Å²) >= 11 is 0. The topological polar surface area (TPSA) is 6.48 Å². The van der Waals surface area contributed by atoms with E-state index in [1.807, 2.05) is 0 Å². The highest BCUT2D eigenvalue weighted by atomic mass is 15.5. The Labute approximate surface area is 201 Å². The molecule has 33 heavy (non-hydrogen) atoms. The molecule has 3 fully saturated rings. The summed E-state index contributed by atoms with van der Waals surface area (Å²) in [5, 5.41) is 0. The Morgan fingerprint density at radius 1 is 0.727 bits per heavy atom. The fourth-order valence-corrected chi connectivity index (χ4v) is 8.85.